The van der Waals surface area contributed by atoms with Crippen molar-refractivity contribution in [1.29, 1.82) is 0 Å². The Balaban J connectivity index is 1.65. The van der Waals surface area contributed by atoms with Crippen molar-refractivity contribution >= 4 is 27.3 Å². The number of thiazole rings is 1. The van der Waals surface area contributed by atoms with Crippen molar-refractivity contribution in [2.75, 3.05) is 6.79 Å². The van der Waals surface area contributed by atoms with Crippen LogP contribution in [0, 0.1) is 0 Å². The first-order valence-electron chi connectivity index (χ1n) is 5.49. The van der Waals surface area contributed by atoms with Crippen LogP contribution in [0.1, 0.15) is 11.3 Å². The van der Waals surface area contributed by atoms with Gasteiger partial charge < -0.3 is 14.8 Å². The Hall–Kier alpha value is -1.11. The van der Waals surface area contributed by atoms with E-state index in [2.05, 4.69) is 26.2 Å². The quantitative estimate of drug-likeness (QED) is 0.938. The molecule has 2 heterocycles. The highest BCUT2D eigenvalue weighted by Crippen LogP contribution is 2.39. The molecule has 94 valence electrons. The van der Waals surface area contributed by atoms with Crippen LogP contribution in [0.25, 0.3) is 0 Å². The van der Waals surface area contributed by atoms with Crippen molar-refractivity contribution in [3.05, 3.63) is 38.8 Å². The van der Waals surface area contributed by atoms with Gasteiger partial charge in [0.05, 0.1) is 15.7 Å². The Morgan fingerprint density at radius 3 is 3.11 bits per heavy atom. The van der Waals surface area contributed by atoms with E-state index in [1.54, 1.807) is 11.3 Å². The van der Waals surface area contributed by atoms with Crippen LogP contribution >= 0.6 is 27.3 Å². The molecule has 0 atom stereocenters. The Labute approximate surface area is 117 Å². The molecule has 1 aromatic heterocycles. The maximum atomic E-state index is 5.38. The molecule has 18 heavy (non-hydrogen) atoms. The van der Waals surface area contributed by atoms with Crippen molar-refractivity contribution in [2.24, 2.45) is 0 Å². The molecule has 0 spiro atoms. The molecule has 1 aromatic carbocycles. The first-order chi connectivity index (χ1) is 8.83. The molecule has 1 aliphatic heterocycles. The number of nitrogens with one attached hydrogen (secondary N) is 1. The van der Waals surface area contributed by atoms with Gasteiger partial charge in [-0.2, -0.15) is 0 Å². The van der Waals surface area contributed by atoms with Gasteiger partial charge in [-0.15, -0.1) is 11.3 Å². The first kappa shape index (κ1) is 12.0. The molecule has 0 aliphatic carbocycles. The van der Waals surface area contributed by atoms with Crippen LogP contribution in [0.2, 0.25) is 0 Å². The Bertz CT molecular complexity index is 545. The van der Waals surface area contributed by atoms with Gasteiger partial charge in [-0.05, 0) is 33.6 Å². The van der Waals surface area contributed by atoms with Crippen LogP contribution in [0.4, 0.5) is 0 Å². The van der Waals surface area contributed by atoms with E-state index >= 15 is 0 Å². The zero-order valence-electron chi connectivity index (χ0n) is 9.48. The highest BCUT2D eigenvalue weighted by Gasteiger charge is 2.17. The molecule has 0 bridgehead atoms. The Morgan fingerprint density at radius 1 is 1.33 bits per heavy atom. The molecule has 0 saturated carbocycles. The third-order valence-electron chi connectivity index (χ3n) is 2.61. The predicted molar refractivity (Wildman–Crippen MR) is 72.9 cm³/mol. The van der Waals surface area contributed by atoms with E-state index in [1.807, 2.05) is 23.0 Å². The number of ether oxygens (including phenoxy) is 2. The Kier molecular flexibility index (Phi) is 3.49. The minimum Gasteiger partial charge on any atom is -0.454 e. The summed E-state index contributed by atoms with van der Waals surface area (Å²) in [6.07, 6.45) is 0. The van der Waals surface area contributed by atoms with Gasteiger partial charge in [0.2, 0.25) is 6.79 Å². The molecule has 1 N–H and O–H groups in total. The summed E-state index contributed by atoms with van der Waals surface area (Å²) >= 11 is 5.09. The van der Waals surface area contributed by atoms with E-state index in [9.17, 15) is 0 Å². The van der Waals surface area contributed by atoms with Crippen molar-refractivity contribution in [2.45, 2.75) is 13.1 Å². The lowest BCUT2D eigenvalue weighted by Gasteiger charge is -2.06. The topological polar surface area (TPSA) is 43.4 Å². The summed E-state index contributed by atoms with van der Waals surface area (Å²) in [6.45, 7) is 1.84. The van der Waals surface area contributed by atoms with Crippen LogP contribution in [0.3, 0.4) is 0 Å². The van der Waals surface area contributed by atoms with Gasteiger partial charge in [0.15, 0.2) is 11.5 Å². The zero-order valence-corrected chi connectivity index (χ0v) is 11.9. The summed E-state index contributed by atoms with van der Waals surface area (Å²) in [5.74, 6) is 1.59. The first-order valence-corrected chi connectivity index (χ1v) is 7.22. The number of hydrogen-bond donors (Lipinski definition) is 1. The molecule has 6 heteroatoms. The fourth-order valence-corrected chi connectivity index (χ4v) is 2.94. The van der Waals surface area contributed by atoms with E-state index in [4.69, 9.17) is 9.47 Å². The molecular formula is C12H11BrN2O2S. The van der Waals surface area contributed by atoms with Gasteiger partial charge in [0.25, 0.3) is 0 Å². The molecule has 3 rings (SSSR count). The number of nitrogens with zero attached hydrogens (tertiary/aromatic N) is 1. The lowest BCUT2D eigenvalue weighted by molar-refractivity contribution is 0.173. The molecule has 1 aliphatic rings. The summed E-state index contributed by atoms with van der Waals surface area (Å²) < 4.78 is 11.7. The largest absolute Gasteiger partial charge is 0.454 e. The van der Waals surface area contributed by atoms with Gasteiger partial charge in [0.1, 0.15) is 0 Å². The fourth-order valence-electron chi connectivity index (χ4n) is 1.78. The highest BCUT2D eigenvalue weighted by atomic mass is 79.9. The molecule has 4 nitrogen and oxygen atoms in total. The molecular weight excluding hydrogens is 316 g/mol. The lowest BCUT2D eigenvalue weighted by atomic mass is 10.2. The summed E-state index contributed by atoms with van der Waals surface area (Å²) in [6, 6.07) is 4.04. The van der Waals surface area contributed by atoms with Crippen molar-refractivity contribution in [3.8, 4) is 11.5 Å². The van der Waals surface area contributed by atoms with Crippen LogP contribution in [-0.4, -0.2) is 11.8 Å². The standard InChI is InChI=1S/C12H11BrN2O2S/c13-10-1-8(2-11-12(10)17-7-16-11)3-14-4-9-5-18-6-15-9/h1-2,5-6,14H,3-4,7H2. The third kappa shape index (κ3) is 2.50. The predicted octanol–water partition coefficient (Wildman–Crippen LogP) is 2.92. The van der Waals surface area contributed by atoms with Gasteiger partial charge in [-0.1, -0.05) is 0 Å². The van der Waals surface area contributed by atoms with Crippen LogP contribution in [0.15, 0.2) is 27.5 Å². The number of aromatic nitrogens is 1. The number of benzene rings is 1. The zero-order chi connectivity index (χ0) is 12.4. The van der Waals surface area contributed by atoms with Crippen LogP contribution < -0.4 is 14.8 Å². The second-order valence-electron chi connectivity index (χ2n) is 3.89. The van der Waals surface area contributed by atoms with E-state index in [0.29, 0.717) is 6.79 Å². The SMILES string of the molecule is Brc1cc(CNCc2cscn2)cc2c1OCO2. The lowest BCUT2D eigenvalue weighted by Crippen LogP contribution is -2.12. The molecule has 0 radical (unpaired) electrons. The van der Waals surface area contributed by atoms with E-state index in [-0.39, 0.29) is 0 Å². The summed E-state index contributed by atoms with van der Waals surface area (Å²) in [5, 5.41) is 5.39. The molecule has 0 unspecified atom stereocenters. The number of hydrogen-bond acceptors (Lipinski definition) is 5. The van der Waals surface area contributed by atoms with Gasteiger partial charge >= 0.3 is 0 Å². The van der Waals surface area contributed by atoms with Crippen molar-refractivity contribution < 1.29 is 9.47 Å². The van der Waals surface area contributed by atoms with Crippen LogP contribution in [-0.2, 0) is 13.1 Å². The average Bonchev–Trinajstić information content (AvgIpc) is 2.99. The fraction of sp³-hybridized carbons (Fsp3) is 0.250. The van der Waals surface area contributed by atoms with Crippen molar-refractivity contribution in [3.63, 3.8) is 0 Å². The van der Waals surface area contributed by atoms with Crippen LogP contribution in [0.5, 0.6) is 11.5 Å². The van der Waals surface area contributed by atoms with Crippen molar-refractivity contribution in [1.82, 2.24) is 10.3 Å². The minimum atomic E-state index is 0.295. The number of fused-ring (bicyclic) bond motifs is 1. The number of halogens is 1. The molecule has 0 fully saturated rings. The normalized spacial score (nSPS) is 12.9. The highest BCUT2D eigenvalue weighted by molar-refractivity contribution is 9.10. The number of rotatable bonds is 4. The summed E-state index contributed by atoms with van der Waals surface area (Å²) in [7, 11) is 0. The second kappa shape index (κ2) is 5.26. The van der Waals surface area contributed by atoms with Gasteiger partial charge in [0, 0.05) is 18.5 Å². The van der Waals surface area contributed by atoms with Gasteiger partial charge in [-0.3, -0.25) is 0 Å². The van der Waals surface area contributed by atoms with E-state index in [1.165, 1.54) is 0 Å². The molecule has 0 saturated heterocycles. The van der Waals surface area contributed by atoms with E-state index < -0.39 is 0 Å². The maximum Gasteiger partial charge on any atom is 0.231 e. The Morgan fingerprint density at radius 2 is 2.28 bits per heavy atom. The molecule has 2 aromatic rings. The maximum absolute atomic E-state index is 5.38. The monoisotopic (exact) mass is 326 g/mol. The summed E-state index contributed by atoms with van der Waals surface area (Å²) in [4.78, 5) is 4.22. The average molecular weight is 327 g/mol. The minimum absolute atomic E-state index is 0.295. The smallest absolute Gasteiger partial charge is 0.231 e. The molecule has 0 amide bonds. The summed E-state index contributed by atoms with van der Waals surface area (Å²) in [5.41, 5.74) is 4.06. The third-order valence-corrected chi connectivity index (χ3v) is 3.83. The van der Waals surface area contributed by atoms with E-state index in [0.717, 1.165) is 40.3 Å². The van der Waals surface area contributed by atoms with Gasteiger partial charge in [-0.25, -0.2) is 4.98 Å². The second-order valence-corrected chi connectivity index (χ2v) is 5.47.